The van der Waals surface area contributed by atoms with Crippen molar-refractivity contribution in [3.63, 3.8) is 0 Å². The van der Waals surface area contributed by atoms with Crippen LogP contribution in [-0.2, 0) is 4.79 Å². The van der Waals surface area contributed by atoms with Crippen LogP contribution in [0.2, 0.25) is 0 Å². The average Bonchev–Trinajstić information content (AvgIpc) is 2.16. The van der Waals surface area contributed by atoms with E-state index in [-0.39, 0.29) is 12.0 Å². The van der Waals surface area contributed by atoms with Gasteiger partial charge in [0.05, 0.1) is 5.56 Å². The molecule has 0 aliphatic heterocycles. The third-order valence-electron chi connectivity index (χ3n) is 1.85. The molecule has 1 rings (SSSR count). The molecule has 0 saturated heterocycles. The summed E-state index contributed by atoms with van der Waals surface area (Å²) in [6.07, 6.45) is 3.04. The summed E-state index contributed by atoms with van der Waals surface area (Å²) in [5.74, 6) is -2.61. The number of carboxylic acids is 1. The molecule has 1 aromatic carbocycles. The first-order chi connectivity index (χ1) is 7.50. The Kier molecular flexibility index (Phi) is 3.77. The van der Waals surface area contributed by atoms with Gasteiger partial charge in [-0.2, -0.15) is 0 Å². The summed E-state index contributed by atoms with van der Waals surface area (Å²) in [5, 5.41) is 8.59. The van der Waals surface area contributed by atoms with Gasteiger partial charge in [0.25, 0.3) is 0 Å². The van der Waals surface area contributed by atoms with Gasteiger partial charge < -0.3 is 10.8 Å². The first-order valence-electron chi connectivity index (χ1n) is 4.48. The van der Waals surface area contributed by atoms with E-state index in [0.29, 0.717) is 5.56 Å². The van der Waals surface area contributed by atoms with E-state index in [4.69, 9.17) is 10.8 Å². The highest BCUT2D eigenvalue weighted by Gasteiger charge is 2.09. The summed E-state index contributed by atoms with van der Waals surface area (Å²) in [5.41, 5.74) is 5.00. The monoisotopic (exact) mass is 223 g/mol. The fourth-order valence-corrected chi connectivity index (χ4v) is 1.12. The molecule has 4 nitrogen and oxygen atoms in total. The zero-order chi connectivity index (χ0) is 12.1. The number of primary amides is 1. The second kappa shape index (κ2) is 5.06. The zero-order valence-electron chi connectivity index (χ0n) is 8.31. The molecule has 16 heavy (non-hydrogen) atoms. The Morgan fingerprint density at radius 3 is 2.62 bits per heavy atom. The maximum absolute atomic E-state index is 13.2. The van der Waals surface area contributed by atoms with Crippen molar-refractivity contribution in [3.05, 3.63) is 41.2 Å². The summed E-state index contributed by atoms with van der Waals surface area (Å²) in [4.78, 5) is 20.9. The van der Waals surface area contributed by atoms with Gasteiger partial charge in [0.15, 0.2) is 0 Å². The molecule has 3 N–H and O–H groups in total. The molecule has 0 fully saturated rings. The molecule has 0 unspecified atom stereocenters. The zero-order valence-corrected chi connectivity index (χ0v) is 8.31. The van der Waals surface area contributed by atoms with Crippen molar-refractivity contribution >= 4 is 18.0 Å². The molecule has 0 spiro atoms. The third kappa shape index (κ3) is 3.20. The lowest BCUT2D eigenvalue weighted by Gasteiger charge is -1.98. The highest BCUT2D eigenvalue weighted by atomic mass is 19.1. The second-order valence-electron chi connectivity index (χ2n) is 3.12. The molecule has 0 aromatic heterocycles. The molecule has 0 heterocycles. The molecule has 5 heteroatoms. The van der Waals surface area contributed by atoms with E-state index < -0.39 is 17.7 Å². The molecule has 84 valence electrons. The topological polar surface area (TPSA) is 80.4 Å². The van der Waals surface area contributed by atoms with Crippen LogP contribution < -0.4 is 5.73 Å². The lowest BCUT2D eigenvalue weighted by atomic mass is 10.1. The van der Waals surface area contributed by atoms with Crippen LogP contribution in [0.3, 0.4) is 0 Å². The van der Waals surface area contributed by atoms with Crippen molar-refractivity contribution in [2.45, 2.75) is 6.42 Å². The van der Waals surface area contributed by atoms with Crippen molar-refractivity contribution in [2.24, 2.45) is 5.73 Å². The highest BCUT2D eigenvalue weighted by molar-refractivity contribution is 5.88. The van der Waals surface area contributed by atoms with Crippen LogP contribution in [0, 0.1) is 5.82 Å². The number of carboxylic acid groups (broad SMARTS) is 1. The summed E-state index contributed by atoms with van der Waals surface area (Å²) in [6.45, 7) is 0. The minimum Gasteiger partial charge on any atom is -0.478 e. The van der Waals surface area contributed by atoms with E-state index >= 15 is 0 Å². The number of aromatic carboxylic acids is 1. The summed E-state index contributed by atoms with van der Waals surface area (Å²) >= 11 is 0. The van der Waals surface area contributed by atoms with Gasteiger partial charge in [-0.15, -0.1) is 0 Å². The van der Waals surface area contributed by atoms with Gasteiger partial charge in [0.2, 0.25) is 5.91 Å². The molecule has 0 bridgehead atoms. The smallest absolute Gasteiger partial charge is 0.338 e. The maximum Gasteiger partial charge on any atom is 0.338 e. The Morgan fingerprint density at radius 2 is 2.12 bits per heavy atom. The van der Waals surface area contributed by atoms with Crippen LogP contribution in [0.25, 0.3) is 6.08 Å². The lowest BCUT2D eigenvalue weighted by Crippen LogP contribution is -2.07. The van der Waals surface area contributed by atoms with Crippen LogP contribution in [0.4, 0.5) is 4.39 Å². The van der Waals surface area contributed by atoms with E-state index in [0.717, 1.165) is 6.07 Å². The van der Waals surface area contributed by atoms with E-state index in [1.165, 1.54) is 24.3 Å². The van der Waals surface area contributed by atoms with E-state index in [9.17, 15) is 14.0 Å². The van der Waals surface area contributed by atoms with Crippen LogP contribution >= 0.6 is 0 Å². The number of carbonyl (C=O) groups is 2. The fourth-order valence-electron chi connectivity index (χ4n) is 1.12. The molecule has 0 saturated carbocycles. The van der Waals surface area contributed by atoms with Gasteiger partial charge in [-0.25, -0.2) is 9.18 Å². The van der Waals surface area contributed by atoms with Crippen molar-refractivity contribution in [1.29, 1.82) is 0 Å². The predicted octanol–water partition coefficient (Wildman–Crippen LogP) is 1.41. The molecular weight excluding hydrogens is 213 g/mol. The summed E-state index contributed by atoms with van der Waals surface area (Å²) in [7, 11) is 0. The Bertz CT molecular complexity index is 455. The first-order valence-corrected chi connectivity index (χ1v) is 4.48. The number of halogens is 1. The normalized spacial score (nSPS) is 10.6. The number of benzene rings is 1. The summed E-state index contributed by atoms with van der Waals surface area (Å²) in [6, 6.07) is 3.70. The van der Waals surface area contributed by atoms with Gasteiger partial charge in [-0.3, -0.25) is 4.79 Å². The predicted molar refractivity (Wildman–Crippen MR) is 56.2 cm³/mol. The maximum atomic E-state index is 13.2. The van der Waals surface area contributed by atoms with Gasteiger partial charge >= 0.3 is 5.97 Å². The quantitative estimate of drug-likeness (QED) is 0.809. The number of carbonyl (C=O) groups excluding carboxylic acids is 1. The van der Waals surface area contributed by atoms with Gasteiger partial charge in [-0.05, 0) is 17.7 Å². The van der Waals surface area contributed by atoms with Crippen molar-refractivity contribution < 1.29 is 19.1 Å². The standard InChI is InChI=1S/C11H10FNO3/c12-9-6-7(2-1-3-10(13)14)4-5-8(9)11(15)16/h1-2,4-6H,3H2,(H2,13,14)(H,15,16). The molecule has 0 radical (unpaired) electrons. The fraction of sp³-hybridized carbons (Fsp3) is 0.0909. The number of rotatable bonds is 4. The largest absolute Gasteiger partial charge is 0.478 e. The number of hydrogen-bond donors (Lipinski definition) is 2. The summed E-state index contributed by atoms with van der Waals surface area (Å²) < 4.78 is 13.2. The minimum atomic E-state index is -1.31. The molecule has 1 aromatic rings. The third-order valence-corrected chi connectivity index (χ3v) is 1.85. The van der Waals surface area contributed by atoms with Gasteiger partial charge in [-0.1, -0.05) is 18.2 Å². The van der Waals surface area contributed by atoms with Crippen LogP contribution in [-0.4, -0.2) is 17.0 Å². The Labute approximate surface area is 91.2 Å². The van der Waals surface area contributed by atoms with Crippen LogP contribution in [0.15, 0.2) is 24.3 Å². The number of nitrogens with two attached hydrogens (primary N) is 1. The van der Waals surface area contributed by atoms with Crippen LogP contribution in [0.5, 0.6) is 0 Å². The number of amides is 1. The molecule has 0 atom stereocenters. The number of hydrogen-bond acceptors (Lipinski definition) is 2. The average molecular weight is 223 g/mol. The first kappa shape index (κ1) is 11.9. The SMILES string of the molecule is NC(=O)CC=Cc1ccc(C(=O)O)c(F)c1. The highest BCUT2D eigenvalue weighted by Crippen LogP contribution is 2.12. The van der Waals surface area contributed by atoms with Crippen molar-refractivity contribution in [3.8, 4) is 0 Å². The van der Waals surface area contributed by atoms with Crippen molar-refractivity contribution in [2.75, 3.05) is 0 Å². The van der Waals surface area contributed by atoms with Crippen LogP contribution in [0.1, 0.15) is 22.3 Å². The Balaban J connectivity index is 2.85. The van der Waals surface area contributed by atoms with E-state index in [1.54, 1.807) is 0 Å². The van der Waals surface area contributed by atoms with Crippen molar-refractivity contribution in [1.82, 2.24) is 0 Å². The van der Waals surface area contributed by atoms with Gasteiger partial charge in [0, 0.05) is 6.42 Å². The van der Waals surface area contributed by atoms with E-state index in [1.807, 2.05) is 0 Å². The van der Waals surface area contributed by atoms with E-state index in [2.05, 4.69) is 0 Å². The van der Waals surface area contributed by atoms with Gasteiger partial charge in [0.1, 0.15) is 5.82 Å². The molecule has 0 aliphatic carbocycles. The second-order valence-corrected chi connectivity index (χ2v) is 3.12. The minimum absolute atomic E-state index is 0.0578. The molecule has 0 aliphatic rings. The Hall–Kier alpha value is -2.17. The Morgan fingerprint density at radius 1 is 1.44 bits per heavy atom. The lowest BCUT2D eigenvalue weighted by molar-refractivity contribution is -0.117. The molecule has 1 amide bonds. The molecular formula is C11H10FNO3.